The van der Waals surface area contributed by atoms with E-state index in [2.05, 4.69) is 72.7 Å². The van der Waals surface area contributed by atoms with Crippen molar-refractivity contribution in [3.63, 3.8) is 0 Å². The van der Waals surface area contributed by atoms with Crippen molar-refractivity contribution < 1.29 is 83.7 Å². The van der Waals surface area contributed by atoms with Crippen molar-refractivity contribution in [1.82, 2.24) is 42.1 Å². The van der Waals surface area contributed by atoms with Crippen LogP contribution in [0.2, 0.25) is 0 Å². The Morgan fingerprint density at radius 3 is 1.76 bits per heavy atom. The normalized spacial score (nSPS) is 13.4. The van der Waals surface area contributed by atoms with E-state index < -0.39 is 49.6 Å². The number of hydrazine groups is 2. The number of pyridine rings is 1. The minimum absolute atomic E-state index is 0.0196. The minimum atomic E-state index is -4.17. The van der Waals surface area contributed by atoms with Gasteiger partial charge >= 0.3 is 35.9 Å². The Labute approximate surface area is 568 Å². The van der Waals surface area contributed by atoms with E-state index in [1.54, 1.807) is 65.5 Å². The summed E-state index contributed by atoms with van der Waals surface area (Å²) in [7, 11) is -5.55. The number of rotatable bonds is 36. The van der Waals surface area contributed by atoms with E-state index >= 15 is 0 Å². The molecule has 2 fully saturated rings. The van der Waals surface area contributed by atoms with Crippen molar-refractivity contribution in [2.75, 3.05) is 132 Å². The number of sulfonamides is 2. The Hall–Kier alpha value is -10.1. The molecule has 6 aromatic rings. The van der Waals surface area contributed by atoms with Gasteiger partial charge in [-0.3, -0.25) is 74.6 Å². The summed E-state index contributed by atoms with van der Waals surface area (Å²) < 4.78 is 87.7. The molecule has 2 aliphatic heterocycles. The summed E-state index contributed by atoms with van der Waals surface area (Å²) in [5.74, 6) is -3.92. The number of benzene rings is 5. The van der Waals surface area contributed by atoms with Crippen LogP contribution in [0.25, 0.3) is 0 Å². The third kappa shape index (κ3) is 24.2. The average molecular weight is 1390 g/mol. The Bertz CT molecular complexity index is 3950. The molecule has 0 radical (unpaired) electrons. The van der Waals surface area contributed by atoms with Gasteiger partial charge in [0.15, 0.2) is 12.4 Å². The highest BCUT2D eigenvalue weighted by atomic mass is 32.2. The van der Waals surface area contributed by atoms with Crippen molar-refractivity contribution in [2.45, 2.75) is 48.8 Å². The highest BCUT2D eigenvalue weighted by molar-refractivity contribution is 7.93. The van der Waals surface area contributed by atoms with Gasteiger partial charge in [0.2, 0.25) is 5.69 Å². The van der Waals surface area contributed by atoms with Crippen LogP contribution in [-0.4, -0.2) is 175 Å². The summed E-state index contributed by atoms with van der Waals surface area (Å²) in [5.41, 5.74) is 16.1. The molecule has 31 nitrogen and oxygen atoms in total. The van der Waals surface area contributed by atoms with Gasteiger partial charge < -0.3 is 45.0 Å². The van der Waals surface area contributed by atoms with Gasteiger partial charge in [0.05, 0.1) is 79.3 Å². The van der Waals surface area contributed by atoms with Crippen molar-refractivity contribution in [3.05, 3.63) is 157 Å². The molecule has 0 saturated carbocycles. The maximum Gasteiger partial charge on any atom is 0.332 e. The van der Waals surface area contributed by atoms with Crippen LogP contribution in [-0.2, 0) is 76.4 Å². The fourth-order valence-corrected chi connectivity index (χ4v) is 11.9. The molecule has 0 bridgehead atoms. The summed E-state index contributed by atoms with van der Waals surface area (Å²) in [5, 5.41) is 10.8. The van der Waals surface area contributed by atoms with Gasteiger partial charge in [-0.15, -0.1) is 0 Å². The van der Waals surface area contributed by atoms with E-state index in [9.17, 15) is 45.6 Å². The van der Waals surface area contributed by atoms with Crippen molar-refractivity contribution in [3.8, 4) is 11.5 Å². The number of morpholine rings is 2. The molecule has 8 rings (SSSR count). The fourth-order valence-electron chi connectivity index (χ4n) is 9.72. The van der Waals surface area contributed by atoms with E-state index in [0.29, 0.717) is 95.1 Å². The number of carbonyl (C=O) groups is 6. The summed E-state index contributed by atoms with van der Waals surface area (Å²) in [6.45, 7) is 9.26. The number of aromatic nitrogens is 1. The van der Waals surface area contributed by atoms with Crippen LogP contribution in [0.5, 0.6) is 11.5 Å². The Balaban J connectivity index is 0.682. The molecule has 6 amide bonds. The van der Waals surface area contributed by atoms with Crippen LogP contribution in [0.4, 0.5) is 34.1 Å². The summed E-state index contributed by atoms with van der Waals surface area (Å²) in [6.07, 6.45) is 8.67. The highest BCUT2D eigenvalue weighted by Crippen LogP contribution is 2.31. The third-order valence-electron chi connectivity index (χ3n) is 14.8. The summed E-state index contributed by atoms with van der Waals surface area (Å²) >= 11 is 0. The monoisotopic (exact) mass is 1390 g/mol. The number of hydrogen-bond acceptors (Lipinski definition) is 21. The van der Waals surface area contributed by atoms with Crippen LogP contribution < -0.4 is 76.9 Å². The van der Waals surface area contributed by atoms with Gasteiger partial charge in [-0.2, -0.15) is 9.56 Å². The standard InChI is InChI=1S/C65H79N15O16S2/c1-91-58-41-52(18-20-56(58)72-74-64(85)62(83)67-23-9-27-78-29-33-93-34-30-78)76-97(87,88)54-16-6-14-50(39-54)69-45-95-46-80-26-8-13-49(43-80)61(82)66-22-3-4-25-70-96-44-48-12-5-11-47(37-48)38-60(81)71-51-15-7-17-55(40-51)98(89,90)77-53-19-21-57(59(42-53)92-2)73-75-65(86)63(84)68-24-10-28-79-31-35-94-36-32-79/h5-8,11-21,26,37-43,45,70H,3-4,9-10,22-25,27-36,44,46H2,1-2H3,(H8-2,66,67,68,71,72,73,74,75,76,77,81,82,83,84,85,86)/p+3. The Kier molecular flexibility index (Phi) is 28.6. The number of nitrogens with one attached hydrogen (secondary N) is 12. The number of unbranched alkanes of at least 4 members (excludes halogenated alkanes) is 1. The lowest BCUT2D eigenvalue weighted by Crippen LogP contribution is -2.62. The molecule has 2 saturated heterocycles. The molecule has 33 heteroatoms. The Morgan fingerprint density at radius 1 is 0.592 bits per heavy atom. The molecule has 0 spiro atoms. The highest BCUT2D eigenvalue weighted by Gasteiger charge is 2.23. The van der Waals surface area contributed by atoms with Crippen LogP contribution in [0, 0.1) is 6.42 Å². The first-order valence-electron chi connectivity index (χ1n) is 31.4. The summed E-state index contributed by atoms with van der Waals surface area (Å²) in [6, 6.07) is 30.9. The fraction of sp³-hybridized carbons (Fsp3) is 0.338. The van der Waals surface area contributed by atoms with Crippen molar-refractivity contribution in [2.24, 2.45) is 0 Å². The number of carbonyl (C=O) groups excluding carboxylic acids is 6. The zero-order valence-corrected chi connectivity index (χ0v) is 55.8. The summed E-state index contributed by atoms with van der Waals surface area (Å²) in [4.78, 5) is 88.6. The van der Waals surface area contributed by atoms with E-state index in [1.165, 1.54) is 93.8 Å². The number of hydroxylamine groups is 1. The number of hydrogen-bond donors (Lipinski definition) is 12. The van der Waals surface area contributed by atoms with Crippen LogP contribution in [0.15, 0.2) is 144 Å². The molecular formula is C65H82N15O16S2+3. The molecule has 12 N–H and O–H groups in total. The quantitative estimate of drug-likeness (QED) is 0.00496. The predicted octanol–water partition coefficient (Wildman–Crippen LogP) is 0.993. The first-order chi connectivity index (χ1) is 47.4. The van der Waals surface area contributed by atoms with Gasteiger partial charge in [-0.05, 0) is 106 Å². The zero-order chi connectivity index (χ0) is 69.5. The topological polar surface area (TPSA) is 383 Å². The molecule has 0 aliphatic carbocycles. The number of ether oxygens (including phenoxy) is 5. The molecule has 0 atom stereocenters. The van der Waals surface area contributed by atoms with E-state index in [1.807, 2.05) is 6.07 Å². The molecular weight excluding hydrogens is 1310 g/mol. The SMILES string of the molecule is COc1cc(NS(=O)(=O)c2cccc(NC(=O)[CH+]c3cccc(CONCCCCNC(=O)c4ccc[n+](COC=[NH+]c5cccc(S(=O)(=O)Nc6ccc(NNC(=O)C(=O)NCCCN7CCOCC7)c(OC)c6)c5)c4)c3)c2)ccc1NNC(=O)C(=O)NCCCN1CCOCC1. The van der Waals surface area contributed by atoms with Crippen molar-refractivity contribution in [1.29, 1.82) is 0 Å². The van der Waals surface area contributed by atoms with Crippen LogP contribution in [0.3, 0.4) is 0 Å². The molecule has 98 heavy (non-hydrogen) atoms. The number of nitrogens with zero attached hydrogens (tertiary/aromatic N) is 3. The Morgan fingerprint density at radius 2 is 1.15 bits per heavy atom. The lowest BCUT2D eigenvalue weighted by molar-refractivity contribution is -0.727. The maximum atomic E-state index is 13.5. The van der Waals surface area contributed by atoms with Gasteiger partial charge in [0, 0.05) is 100 Å². The second-order valence-electron chi connectivity index (χ2n) is 22.1. The van der Waals surface area contributed by atoms with Gasteiger partial charge in [-0.1, -0.05) is 12.1 Å². The van der Waals surface area contributed by atoms with Gasteiger partial charge in [0.25, 0.3) is 32.7 Å². The zero-order valence-electron chi connectivity index (χ0n) is 54.2. The van der Waals surface area contributed by atoms with E-state index in [4.69, 9.17) is 28.5 Å². The van der Waals surface area contributed by atoms with Gasteiger partial charge in [0.1, 0.15) is 35.7 Å². The third-order valence-corrected chi connectivity index (χ3v) is 17.6. The smallest absolute Gasteiger partial charge is 0.332 e. The first-order valence-corrected chi connectivity index (χ1v) is 34.4. The number of anilines is 5. The predicted molar refractivity (Wildman–Crippen MR) is 361 cm³/mol. The molecule has 2 aliphatic rings. The molecule has 5 aromatic carbocycles. The van der Waals surface area contributed by atoms with Crippen LogP contribution in [0.1, 0.15) is 47.2 Å². The lowest BCUT2D eigenvalue weighted by atomic mass is 10.1. The van der Waals surface area contributed by atoms with E-state index in [0.717, 1.165) is 44.8 Å². The van der Waals surface area contributed by atoms with Crippen molar-refractivity contribution >= 4 is 96.0 Å². The second kappa shape index (κ2) is 38.0. The first kappa shape index (κ1) is 73.7. The average Bonchev–Trinajstić information content (AvgIpc) is 0.825. The molecule has 1 aromatic heterocycles. The largest absolute Gasteiger partial charge is 0.494 e. The lowest BCUT2D eigenvalue weighted by Gasteiger charge is -2.26. The molecule has 3 heterocycles. The molecule has 0 unspecified atom stereocenters. The van der Waals surface area contributed by atoms with E-state index in [-0.39, 0.29) is 69.0 Å². The maximum absolute atomic E-state index is 13.5. The molecule has 522 valence electrons. The number of amides is 6. The van der Waals surface area contributed by atoms with Gasteiger partial charge in [-0.25, -0.2) is 22.3 Å². The minimum Gasteiger partial charge on any atom is -0.494 e. The second-order valence-corrected chi connectivity index (χ2v) is 25.4. The number of methoxy groups -OCH3 is 2. The van der Waals surface area contributed by atoms with Crippen LogP contribution >= 0.6 is 0 Å².